The van der Waals surface area contributed by atoms with Gasteiger partial charge in [0, 0.05) is 7.11 Å². The zero-order valence-electron chi connectivity index (χ0n) is 15.7. The highest BCUT2D eigenvalue weighted by Gasteiger charge is 2.28. The van der Waals surface area contributed by atoms with Crippen molar-refractivity contribution in [1.82, 2.24) is 5.32 Å². The lowest BCUT2D eigenvalue weighted by Gasteiger charge is -2.21. The first-order valence-corrected chi connectivity index (χ1v) is 10.3. The van der Waals surface area contributed by atoms with Gasteiger partial charge in [0.15, 0.2) is 15.9 Å². The molecule has 0 bridgehead atoms. The summed E-state index contributed by atoms with van der Waals surface area (Å²) in [6.07, 6.45) is -1.06. The number of nitrogens with one attached hydrogen (secondary N) is 1. The van der Waals surface area contributed by atoms with Gasteiger partial charge >= 0.3 is 5.97 Å². The van der Waals surface area contributed by atoms with E-state index in [0.29, 0.717) is 5.56 Å². The van der Waals surface area contributed by atoms with E-state index in [1.165, 1.54) is 26.4 Å². The Kier molecular flexibility index (Phi) is 7.71. The summed E-state index contributed by atoms with van der Waals surface area (Å²) in [6, 6.07) is 15.6. The number of methoxy groups -OCH3 is 2. The molecule has 0 heterocycles. The number of benzene rings is 2. The monoisotopic (exact) mass is 405 g/mol. The normalized spacial score (nSPS) is 13.4. The van der Waals surface area contributed by atoms with Gasteiger partial charge < -0.3 is 14.8 Å². The number of carbonyl (C=O) groups excluding carboxylic acids is 2. The van der Waals surface area contributed by atoms with Crippen LogP contribution in [-0.4, -0.2) is 46.3 Å². The van der Waals surface area contributed by atoms with Gasteiger partial charge in [-0.3, -0.25) is 4.79 Å². The third-order valence-corrected chi connectivity index (χ3v) is 5.92. The Morgan fingerprint density at radius 1 is 0.964 bits per heavy atom. The molecule has 0 aliphatic heterocycles. The van der Waals surface area contributed by atoms with Crippen LogP contribution in [0, 0.1) is 0 Å². The fourth-order valence-electron chi connectivity index (χ4n) is 2.68. The SMILES string of the molecule is COC(=O)[C@H](CCS(=O)(=O)c1ccccc1)NC(=O)[C@H](OC)c1ccccc1. The van der Waals surface area contributed by atoms with E-state index < -0.39 is 33.9 Å². The number of ether oxygens (including phenoxy) is 2. The molecule has 2 atom stereocenters. The second-order valence-corrected chi connectivity index (χ2v) is 8.14. The number of esters is 1. The number of carbonyl (C=O) groups is 2. The molecule has 0 aromatic heterocycles. The van der Waals surface area contributed by atoms with Crippen LogP contribution >= 0.6 is 0 Å². The van der Waals surface area contributed by atoms with Crippen molar-refractivity contribution in [2.24, 2.45) is 0 Å². The Morgan fingerprint density at radius 3 is 2.07 bits per heavy atom. The van der Waals surface area contributed by atoms with Crippen molar-refractivity contribution >= 4 is 21.7 Å². The molecule has 8 heteroatoms. The second-order valence-electron chi connectivity index (χ2n) is 6.03. The van der Waals surface area contributed by atoms with Crippen LogP contribution in [0.5, 0.6) is 0 Å². The maximum atomic E-state index is 12.6. The van der Waals surface area contributed by atoms with E-state index in [1.54, 1.807) is 48.5 Å². The third kappa shape index (κ3) is 5.64. The zero-order chi connectivity index (χ0) is 20.6. The van der Waals surface area contributed by atoms with Crippen LogP contribution < -0.4 is 5.32 Å². The summed E-state index contributed by atoms with van der Waals surface area (Å²) in [5.74, 6) is -1.60. The minimum atomic E-state index is -3.60. The van der Waals surface area contributed by atoms with Crippen molar-refractivity contribution in [2.45, 2.75) is 23.5 Å². The van der Waals surface area contributed by atoms with E-state index in [-0.39, 0.29) is 17.1 Å². The smallest absolute Gasteiger partial charge is 0.328 e. The topological polar surface area (TPSA) is 98.8 Å². The number of rotatable bonds is 9. The lowest BCUT2D eigenvalue weighted by molar-refractivity contribution is -0.146. The maximum Gasteiger partial charge on any atom is 0.328 e. The van der Waals surface area contributed by atoms with Gasteiger partial charge in [-0.05, 0) is 24.1 Å². The first-order chi connectivity index (χ1) is 13.4. The van der Waals surface area contributed by atoms with Crippen LogP contribution in [0.2, 0.25) is 0 Å². The van der Waals surface area contributed by atoms with Gasteiger partial charge in [0.2, 0.25) is 0 Å². The molecule has 150 valence electrons. The predicted molar refractivity (Wildman–Crippen MR) is 103 cm³/mol. The standard InChI is InChI=1S/C20H23NO6S/c1-26-18(15-9-5-3-6-10-15)19(22)21-17(20(23)27-2)13-14-28(24,25)16-11-7-4-8-12-16/h3-12,17-18H,13-14H2,1-2H3,(H,21,22)/t17-,18+/m0/s1. The third-order valence-electron chi connectivity index (χ3n) is 4.16. The molecular formula is C20H23NO6S. The Balaban J connectivity index is 2.11. The number of hydrogen-bond acceptors (Lipinski definition) is 6. The number of sulfone groups is 1. The van der Waals surface area contributed by atoms with Gasteiger partial charge in [0.05, 0.1) is 17.8 Å². The molecule has 0 spiro atoms. The summed E-state index contributed by atoms with van der Waals surface area (Å²) in [5, 5.41) is 2.54. The maximum absolute atomic E-state index is 12.6. The fraction of sp³-hybridized carbons (Fsp3) is 0.300. The molecule has 0 aliphatic rings. The molecule has 2 aromatic rings. The van der Waals surface area contributed by atoms with Crippen molar-refractivity contribution in [3.8, 4) is 0 Å². The molecule has 2 aromatic carbocycles. The molecule has 7 nitrogen and oxygen atoms in total. The average Bonchev–Trinajstić information content (AvgIpc) is 2.72. The Bertz CT molecular complexity index is 883. The molecule has 0 unspecified atom stereocenters. The number of amides is 1. The van der Waals surface area contributed by atoms with E-state index >= 15 is 0 Å². The van der Waals surface area contributed by atoms with Crippen molar-refractivity contribution in [3.05, 3.63) is 66.2 Å². The minimum absolute atomic E-state index is 0.124. The van der Waals surface area contributed by atoms with Gasteiger partial charge in [-0.2, -0.15) is 0 Å². The molecule has 1 amide bonds. The van der Waals surface area contributed by atoms with Gasteiger partial charge in [0.1, 0.15) is 6.04 Å². The van der Waals surface area contributed by atoms with Crippen molar-refractivity contribution in [1.29, 1.82) is 0 Å². The molecule has 0 radical (unpaired) electrons. The van der Waals surface area contributed by atoms with Gasteiger partial charge in [-0.1, -0.05) is 48.5 Å². The van der Waals surface area contributed by atoms with Crippen LogP contribution in [0.15, 0.2) is 65.6 Å². The average molecular weight is 405 g/mol. The first-order valence-electron chi connectivity index (χ1n) is 8.63. The second kappa shape index (κ2) is 10.0. The van der Waals surface area contributed by atoms with Gasteiger partial charge in [0.25, 0.3) is 5.91 Å². The highest BCUT2D eigenvalue weighted by Crippen LogP contribution is 2.17. The summed E-state index contributed by atoms with van der Waals surface area (Å²) >= 11 is 0. The summed E-state index contributed by atoms with van der Waals surface area (Å²) in [5.41, 5.74) is 0.614. The van der Waals surface area contributed by atoms with Crippen LogP contribution in [0.4, 0.5) is 0 Å². The van der Waals surface area contributed by atoms with E-state index in [9.17, 15) is 18.0 Å². The van der Waals surface area contributed by atoms with Crippen LogP contribution in [0.25, 0.3) is 0 Å². The highest BCUT2D eigenvalue weighted by atomic mass is 32.2. The van der Waals surface area contributed by atoms with Crippen molar-refractivity contribution < 1.29 is 27.5 Å². The van der Waals surface area contributed by atoms with Gasteiger partial charge in [-0.25, -0.2) is 13.2 Å². The Labute approximate surface area is 164 Å². The van der Waals surface area contributed by atoms with E-state index in [4.69, 9.17) is 9.47 Å². The molecule has 0 saturated carbocycles. The predicted octanol–water partition coefficient (Wildman–Crippen LogP) is 1.90. The van der Waals surface area contributed by atoms with E-state index in [0.717, 1.165) is 0 Å². The van der Waals surface area contributed by atoms with Crippen molar-refractivity contribution in [2.75, 3.05) is 20.0 Å². The molecule has 0 fully saturated rings. The summed E-state index contributed by atoms with van der Waals surface area (Å²) in [6.45, 7) is 0. The molecule has 1 N–H and O–H groups in total. The Morgan fingerprint density at radius 2 is 1.54 bits per heavy atom. The lowest BCUT2D eigenvalue weighted by Crippen LogP contribution is -2.45. The fourth-order valence-corrected chi connectivity index (χ4v) is 4.03. The summed E-state index contributed by atoms with van der Waals surface area (Å²) < 4.78 is 34.9. The van der Waals surface area contributed by atoms with Crippen LogP contribution in [0.3, 0.4) is 0 Å². The van der Waals surface area contributed by atoms with E-state index in [1.807, 2.05) is 0 Å². The summed E-state index contributed by atoms with van der Waals surface area (Å²) in [4.78, 5) is 24.8. The van der Waals surface area contributed by atoms with Crippen molar-refractivity contribution in [3.63, 3.8) is 0 Å². The molecule has 28 heavy (non-hydrogen) atoms. The quantitative estimate of drug-likeness (QED) is 0.640. The summed E-state index contributed by atoms with van der Waals surface area (Å²) in [7, 11) is -1.04. The van der Waals surface area contributed by atoms with Gasteiger partial charge in [-0.15, -0.1) is 0 Å². The molecule has 0 aliphatic carbocycles. The minimum Gasteiger partial charge on any atom is -0.467 e. The lowest BCUT2D eigenvalue weighted by atomic mass is 10.1. The highest BCUT2D eigenvalue weighted by molar-refractivity contribution is 7.91. The van der Waals surface area contributed by atoms with Crippen LogP contribution in [-0.2, 0) is 28.9 Å². The first kappa shape index (κ1) is 21.6. The largest absolute Gasteiger partial charge is 0.467 e. The molecule has 0 saturated heterocycles. The number of hydrogen-bond donors (Lipinski definition) is 1. The molecular weight excluding hydrogens is 382 g/mol. The molecule has 2 rings (SSSR count). The zero-order valence-corrected chi connectivity index (χ0v) is 16.5. The Hall–Kier alpha value is -2.71. The van der Waals surface area contributed by atoms with Crippen LogP contribution in [0.1, 0.15) is 18.1 Å². The van der Waals surface area contributed by atoms with E-state index in [2.05, 4.69) is 5.32 Å².